The average molecular weight is 376 g/mol. The fraction of sp³-hybridized carbons (Fsp3) is 0.217. The van der Waals surface area contributed by atoms with Crippen LogP contribution in [0.25, 0.3) is 10.8 Å². The zero-order valence-corrected chi connectivity index (χ0v) is 15.6. The van der Waals surface area contributed by atoms with Crippen LogP contribution < -0.4 is 5.32 Å². The topological polar surface area (TPSA) is 49.4 Å². The van der Waals surface area contributed by atoms with E-state index in [-0.39, 0.29) is 17.9 Å². The fourth-order valence-corrected chi connectivity index (χ4v) is 3.65. The lowest BCUT2D eigenvalue weighted by molar-refractivity contribution is -0.151. The molecule has 28 heavy (non-hydrogen) atoms. The molecule has 1 aliphatic rings. The van der Waals surface area contributed by atoms with Gasteiger partial charge in [0, 0.05) is 12.1 Å². The minimum absolute atomic E-state index is 0.311. The second-order valence-corrected chi connectivity index (χ2v) is 7.13. The molecule has 3 aromatic rings. The Hall–Kier alpha value is -3.21. The summed E-state index contributed by atoms with van der Waals surface area (Å²) in [6, 6.07) is 19.6. The number of benzene rings is 3. The number of carbonyl (C=O) groups excluding carboxylic acids is 2. The molecule has 0 aliphatic carbocycles. The Balaban J connectivity index is 1.45. The highest BCUT2D eigenvalue weighted by atomic mass is 19.1. The zero-order chi connectivity index (χ0) is 19.7. The second kappa shape index (κ2) is 7.43. The molecule has 1 saturated heterocycles. The Kier molecular flexibility index (Phi) is 4.82. The van der Waals surface area contributed by atoms with Gasteiger partial charge in [-0.2, -0.15) is 0 Å². The third kappa shape index (κ3) is 3.36. The number of nitrogens with one attached hydrogen (secondary N) is 1. The van der Waals surface area contributed by atoms with Crippen LogP contribution in [0.3, 0.4) is 0 Å². The first-order valence-electron chi connectivity index (χ1n) is 9.39. The Morgan fingerprint density at radius 2 is 1.75 bits per heavy atom. The van der Waals surface area contributed by atoms with Crippen molar-refractivity contribution in [2.24, 2.45) is 0 Å². The van der Waals surface area contributed by atoms with Crippen LogP contribution in [0.4, 0.5) is 4.39 Å². The van der Waals surface area contributed by atoms with Crippen LogP contribution in [0.5, 0.6) is 0 Å². The molecule has 1 fully saturated rings. The molecule has 3 aromatic carbocycles. The maximum Gasteiger partial charge on any atom is 0.312 e. The van der Waals surface area contributed by atoms with Gasteiger partial charge in [0.05, 0.1) is 12.1 Å². The monoisotopic (exact) mass is 376 g/mol. The van der Waals surface area contributed by atoms with Gasteiger partial charge in [0.2, 0.25) is 0 Å². The van der Waals surface area contributed by atoms with Crippen molar-refractivity contribution in [1.82, 2.24) is 10.2 Å². The number of hydrogen-bond acceptors (Lipinski definition) is 2. The summed E-state index contributed by atoms with van der Waals surface area (Å²) < 4.78 is 14.0. The first-order valence-corrected chi connectivity index (χ1v) is 9.39. The largest absolute Gasteiger partial charge is 0.341 e. The van der Waals surface area contributed by atoms with E-state index in [1.54, 1.807) is 18.2 Å². The van der Waals surface area contributed by atoms with Gasteiger partial charge in [0.1, 0.15) is 5.82 Å². The number of nitrogens with zero attached hydrogens (tertiary/aromatic N) is 1. The van der Waals surface area contributed by atoms with Crippen molar-refractivity contribution in [1.29, 1.82) is 0 Å². The summed E-state index contributed by atoms with van der Waals surface area (Å²) in [6.45, 7) is 2.30. The van der Waals surface area contributed by atoms with Crippen LogP contribution >= 0.6 is 0 Å². The van der Waals surface area contributed by atoms with Crippen LogP contribution in [0.15, 0.2) is 66.7 Å². The molecular formula is C23H21FN2O2. The number of fused-ring (bicyclic) bond motifs is 1. The molecule has 4 rings (SSSR count). The van der Waals surface area contributed by atoms with Crippen LogP contribution in [0, 0.1) is 5.82 Å². The number of halogens is 1. The molecule has 0 bridgehead atoms. The molecule has 0 saturated carbocycles. The molecule has 4 nitrogen and oxygen atoms in total. The Labute approximate surface area is 163 Å². The molecule has 0 aromatic heterocycles. The van der Waals surface area contributed by atoms with Crippen molar-refractivity contribution in [3.8, 4) is 0 Å². The molecule has 0 spiro atoms. The highest BCUT2D eigenvalue weighted by Gasteiger charge is 2.38. The SMILES string of the molecule is CC(NC(=O)C(=O)N1CCC1c1ccccc1F)c1ccc2ccccc2c1. The number of carbonyl (C=O) groups is 2. The third-order valence-electron chi connectivity index (χ3n) is 5.36. The van der Waals surface area contributed by atoms with Crippen LogP contribution in [-0.4, -0.2) is 23.3 Å². The van der Waals surface area contributed by atoms with Gasteiger partial charge in [0.25, 0.3) is 0 Å². The van der Waals surface area contributed by atoms with Gasteiger partial charge in [-0.3, -0.25) is 9.59 Å². The van der Waals surface area contributed by atoms with Gasteiger partial charge in [-0.25, -0.2) is 4.39 Å². The van der Waals surface area contributed by atoms with E-state index in [4.69, 9.17) is 0 Å². The summed E-state index contributed by atoms with van der Waals surface area (Å²) in [4.78, 5) is 26.5. The van der Waals surface area contributed by atoms with E-state index in [0.717, 1.165) is 16.3 Å². The Bertz CT molecular complexity index is 1050. The van der Waals surface area contributed by atoms with E-state index >= 15 is 0 Å². The fourth-order valence-electron chi connectivity index (χ4n) is 3.65. The van der Waals surface area contributed by atoms with Crippen LogP contribution in [0.1, 0.15) is 36.6 Å². The molecule has 1 heterocycles. The predicted octanol–water partition coefficient (Wildman–Crippen LogP) is 4.13. The standard InChI is InChI=1S/C23H21FN2O2/c1-15(17-11-10-16-6-2-3-7-18(16)14-17)25-22(27)23(28)26-13-12-21(26)19-8-4-5-9-20(19)24/h2-11,14-15,21H,12-13H2,1H3,(H,25,27). The lowest BCUT2D eigenvalue weighted by atomic mass is 9.94. The number of rotatable bonds is 3. The molecule has 0 radical (unpaired) electrons. The number of amides is 2. The van der Waals surface area contributed by atoms with Crippen molar-refractivity contribution in [2.45, 2.75) is 25.4 Å². The summed E-state index contributed by atoms with van der Waals surface area (Å²) in [5.41, 5.74) is 1.38. The van der Waals surface area contributed by atoms with Gasteiger partial charge in [-0.15, -0.1) is 0 Å². The van der Waals surface area contributed by atoms with E-state index in [0.29, 0.717) is 18.5 Å². The third-order valence-corrected chi connectivity index (χ3v) is 5.36. The minimum Gasteiger partial charge on any atom is -0.341 e. The quantitative estimate of drug-likeness (QED) is 0.699. The molecule has 1 aliphatic heterocycles. The normalized spacial score (nSPS) is 17.1. The smallest absolute Gasteiger partial charge is 0.312 e. The van der Waals surface area contributed by atoms with E-state index in [2.05, 4.69) is 5.32 Å². The summed E-state index contributed by atoms with van der Waals surface area (Å²) in [5.74, 6) is -1.64. The summed E-state index contributed by atoms with van der Waals surface area (Å²) in [7, 11) is 0. The second-order valence-electron chi connectivity index (χ2n) is 7.13. The molecule has 142 valence electrons. The maximum atomic E-state index is 14.0. The highest BCUT2D eigenvalue weighted by molar-refractivity contribution is 6.35. The number of hydrogen-bond donors (Lipinski definition) is 1. The van der Waals surface area contributed by atoms with E-state index in [9.17, 15) is 14.0 Å². The van der Waals surface area contributed by atoms with E-state index in [1.165, 1.54) is 11.0 Å². The molecule has 5 heteroatoms. The Morgan fingerprint density at radius 1 is 1.04 bits per heavy atom. The van der Waals surface area contributed by atoms with E-state index in [1.807, 2.05) is 49.4 Å². The zero-order valence-electron chi connectivity index (χ0n) is 15.6. The highest BCUT2D eigenvalue weighted by Crippen LogP contribution is 2.34. The molecule has 2 unspecified atom stereocenters. The molecule has 2 amide bonds. The first-order chi connectivity index (χ1) is 13.5. The van der Waals surface area contributed by atoms with Crippen LogP contribution in [0.2, 0.25) is 0 Å². The summed E-state index contributed by atoms with van der Waals surface area (Å²) in [6.07, 6.45) is 0.653. The van der Waals surface area contributed by atoms with Crippen molar-refractivity contribution in [2.75, 3.05) is 6.54 Å². The average Bonchev–Trinajstić information content (AvgIpc) is 2.68. The first kappa shape index (κ1) is 18.2. The summed E-state index contributed by atoms with van der Waals surface area (Å²) in [5, 5.41) is 4.97. The van der Waals surface area contributed by atoms with Crippen molar-refractivity contribution >= 4 is 22.6 Å². The molecular weight excluding hydrogens is 355 g/mol. The van der Waals surface area contributed by atoms with Gasteiger partial charge < -0.3 is 10.2 Å². The van der Waals surface area contributed by atoms with Crippen LogP contribution in [-0.2, 0) is 9.59 Å². The Morgan fingerprint density at radius 3 is 2.46 bits per heavy atom. The van der Waals surface area contributed by atoms with Crippen molar-refractivity contribution < 1.29 is 14.0 Å². The molecule has 1 N–H and O–H groups in total. The lowest BCUT2D eigenvalue weighted by Gasteiger charge is -2.41. The lowest BCUT2D eigenvalue weighted by Crippen LogP contribution is -2.51. The molecule has 2 atom stereocenters. The predicted molar refractivity (Wildman–Crippen MR) is 106 cm³/mol. The van der Waals surface area contributed by atoms with Gasteiger partial charge >= 0.3 is 11.8 Å². The van der Waals surface area contributed by atoms with Crippen molar-refractivity contribution in [3.63, 3.8) is 0 Å². The van der Waals surface area contributed by atoms with Gasteiger partial charge in [0.15, 0.2) is 0 Å². The maximum absolute atomic E-state index is 14.0. The minimum atomic E-state index is -0.665. The van der Waals surface area contributed by atoms with Crippen molar-refractivity contribution in [3.05, 3.63) is 83.7 Å². The van der Waals surface area contributed by atoms with E-state index < -0.39 is 11.8 Å². The summed E-state index contributed by atoms with van der Waals surface area (Å²) >= 11 is 0. The number of likely N-dealkylation sites (tertiary alicyclic amines) is 1. The van der Waals surface area contributed by atoms with Gasteiger partial charge in [-0.05, 0) is 41.8 Å². The van der Waals surface area contributed by atoms with Gasteiger partial charge in [-0.1, -0.05) is 54.6 Å².